The van der Waals surface area contributed by atoms with E-state index in [1.807, 2.05) is 7.05 Å². The molecule has 1 saturated heterocycles. The van der Waals surface area contributed by atoms with Gasteiger partial charge in [0.1, 0.15) is 0 Å². The van der Waals surface area contributed by atoms with Gasteiger partial charge in [0, 0.05) is 49.7 Å². The molecule has 1 aromatic rings. The second kappa shape index (κ2) is 9.20. The average molecular weight is 422 g/mol. The molecule has 26 heavy (non-hydrogen) atoms. The Balaban J connectivity index is 1.42. The number of guanidine groups is 1. The quantitative estimate of drug-likeness (QED) is 0.546. The molecular weight excluding hydrogens is 390 g/mol. The Labute approximate surface area is 166 Å². The maximum atomic E-state index is 4.40. The first-order chi connectivity index (χ1) is 12.6. The summed E-state index contributed by atoms with van der Waals surface area (Å²) in [6, 6.07) is 8.71. The second-order valence-electron chi connectivity index (χ2n) is 7.64. The van der Waals surface area contributed by atoms with Crippen molar-refractivity contribution in [1.82, 2.24) is 20.4 Å². The molecule has 6 heteroatoms. The van der Waals surface area contributed by atoms with Gasteiger partial charge in [-0.1, -0.05) is 28.1 Å². The smallest absolute Gasteiger partial charge is 0.191 e. The van der Waals surface area contributed by atoms with Crippen LogP contribution < -0.4 is 10.6 Å². The minimum atomic E-state index is 0.275. The number of aliphatic imine (C=N–C) groups is 1. The zero-order chi connectivity index (χ0) is 18.4. The Morgan fingerprint density at radius 1 is 1.19 bits per heavy atom. The number of rotatable bonds is 6. The lowest BCUT2D eigenvalue weighted by Gasteiger charge is -2.22. The number of nitrogens with one attached hydrogen (secondary N) is 2. The van der Waals surface area contributed by atoms with Crippen LogP contribution in [0.4, 0.5) is 0 Å². The molecule has 0 amide bonds. The maximum Gasteiger partial charge on any atom is 0.191 e. The summed E-state index contributed by atoms with van der Waals surface area (Å²) in [4.78, 5) is 9.37. The van der Waals surface area contributed by atoms with Crippen molar-refractivity contribution in [3.05, 3.63) is 34.3 Å². The highest BCUT2D eigenvalue weighted by Gasteiger charge is 2.44. The van der Waals surface area contributed by atoms with Gasteiger partial charge >= 0.3 is 0 Å². The van der Waals surface area contributed by atoms with Crippen LogP contribution in [0.3, 0.4) is 0 Å². The summed E-state index contributed by atoms with van der Waals surface area (Å²) in [6.07, 6.45) is 3.75. The normalized spacial score (nSPS) is 21.3. The summed E-state index contributed by atoms with van der Waals surface area (Å²) in [5, 5.41) is 7.03. The van der Waals surface area contributed by atoms with E-state index in [-0.39, 0.29) is 5.41 Å². The van der Waals surface area contributed by atoms with Gasteiger partial charge in [0.25, 0.3) is 0 Å². The van der Waals surface area contributed by atoms with Crippen LogP contribution in [0.1, 0.15) is 24.8 Å². The number of nitrogens with zero attached hydrogens (tertiary/aromatic N) is 3. The lowest BCUT2D eigenvalue weighted by Crippen LogP contribution is -2.44. The fraction of sp³-hybridized carbons (Fsp3) is 0.650. The van der Waals surface area contributed by atoms with E-state index in [2.05, 4.69) is 72.7 Å². The lowest BCUT2D eigenvalue weighted by atomic mass is 9.96. The molecule has 1 aromatic carbocycles. The highest BCUT2D eigenvalue weighted by Crippen LogP contribution is 2.48. The molecule has 0 atom stereocenters. The first-order valence-electron chi connectivity index (χ1n) is 9.73. The van der Waals surface area contributed by atoms with Gasteiger partial charge in [0.15, 0.2) is 5.96 Å². The fourth-order valence-corrected chi connectivity index (χ4v) is 4.07. The summed E-state index contributed by atoms with van der Waals surface area (Å²) in [5.41, 5.74) is 1.69. The van der Waals surface area contributed by atoms with Crippen LogP contribution in [0.2, 0.25) is 0 Å². The maximum absolute atomic E-state index is 4.40. The van der Waals surface area contributed by atoms with Gasteiger partial charge in [0.2, 0.25) is 0 Å². The van der Waals surface area contributed by atoms with E-state index in [9.17, 15) is 0 Å². The van der Waals surface area contributed by atoms with Gasteiger partial charge < -0.3 is 20.4 Å². The molecule has 2 N–H and O–H groups in total. The third-order valence-electron chi connectivity index (χ3n) is 5.64. The zero-order valence-electron chi connectivity index (χ0n) is 16.1. The van der Waals surface area contributed by atoms with Crippen molar-refractivity contribution in [2.45, 2.75) is 24.7 Å². The summed E-state index contributed by atoms with van der Waals surface area (Å²) in [5.74, 6) is 0.915. The van der Waals surface area contributed by atoms with Crippen LogP contribution in [0, 0.1) is 0 Å². The minimum Gasteiger partial charge on any atom is -0.356 e. The number of hydrogen-bond acceptors (Lipinski definition) is 3. The van der Waals surface area contributed by atoms with Crippen LogP contribution in [-0.2, 0) is 5.41 Å². The topological polar surface area (TPSA) is 42.9 Å². The molecule has 1 saturated carbocycles. The molecular formula is C20H32BrN5. The van der Waals surface area contributed by atoms with E-state index in [1.165, 1.54) is 44.5 Å². The summed E-state index contributed by atoms with van der Waals surface area (Å²) >= 11 is 3.59. The Kier molecular flexibility index (Phi) is 6.95. The SMILES string of the molecule is CN=C(NCCN1CCCN(C)CC1)NCC1(c2cccc(Br)c2)CC1. The van der Waals surface area contributed by atoms with Gasteiger partial charge in [-0.05, 0) is 57.1 Å². The van der Waals surface area contributed by atoms with Crippen molar-refractivity contribution in [3.63, 3.8) is 0 Å². The van der Waals surface area contributed by atoms with Crippen molar-refractivity contribution >= 4 is 21.9 Å². The molecule has 0 aromatic heterocycles. The predicted molar refractivity (Wildman–Crippen MR) is 113 cm³/mol. The molecule has 0 unspecified atom stereocenters. The molecule has 5 nitrogen and oxygen atoms in total. The van der Waals surface area contributed by atoms with E-state index in [1.54, 1.807) is 0 Å². The summed E-state index contributed by atoms with van der Waals surface area (Å²) in [6.45, 7) is 7.70. The van der Waals surface area contributed by atoms with Gasteiger partial charge in [-0.25, -0.2) is 0 Å². The third kappa shape index (κ3) is 5.44. The minimum absolute atomic E-state index is 0.275. The van der Waals surface area contributed by atoms with Gasteiger partial charge in [-0.15, -0.1) is 0 Å². The Morgan fingerprint density at radius 3 is 2.77 bits per heavy atom. The highest BCUT2D eigenvalue weighted by molar-refractivity contribution is 9.10. The molecule has 0 bridgehead atoms. The van der Waals surface area contributed by atoms with Crippen LogP contribution >= 0.6 is 15.9 Å². The Morgan fingerprint density at radius 2 is 2.04 bits per heavy atom. The van der Waals surface area contributed by atoms with E-state index in [4.69, 9.17) is 0 Å². The van der Waals surface area contributed by atoms with E-state index in [0.29, 0.717) is 0 Å². The first kappa shape index (κ1) is 19.6. The first-order valence-corrected chi connectivity index (χ1v) is 10.5. The van der Waals surface area contributed by atoms with Gasteiger partial charge in [0.05, 0.1) is 0 Å². The molecule has 2 fully saturated rings. The monoisotopic (exact) mass is 421 g/mol. The van der Waals surface area contributed by atoms with Crippen LogP contribution in [0.15, 0.2) is 33.7 Å². The molecule has 0 spiro atoms. The van der Waals surface area contributed by atoms with Crippen LogP contribution in [-0.4, -0.2) is 75.7 Å². The van der Waals surface area contributed by atoms with Crippen LogP contribution in [0.25, 0.3) is 0 Å². The zero-order valence-corrected chi connectivity index (χ0v) is 17.7. The largest absolute Gasteiger partial charge is 0.356 e. The van der Waals surface area contributed by atoms with E-state index < -0.39 is 0 Å². The van der Waals surface area contributed by atoms with Crippen molar-refractivity contribution in [1.29, 1.82) is 0 Å². The van der Waals surface area contributed by atoms with Crippen molar-refractivity contribution in [2.24, 2.45) is 4.99 Å². The number of halogens is 1. The Hall–Kier alpha value is -1.11. The second-order valence-corrected chi connectivity index (χ2v) is 8.56. The molecule has 0 radical (unpaired) electrons. The number of benzene rings is 1. The Bertz CT molecular complexity index is 614. The predicted octanol–water partition coefficient (Wildman–Crippen LogP) is 2.28. The standard InChI is InChI=1S/C20H32BrN5/c1-22-19(23-9-12-26-11-4-10-25(2)13-14-26)24-16-20(7-8-20)17-5-3-6-18(21)15-17/h3,5-6,15H,4,7-14,16H2,1-2H3,(H2,22,23,24). The van der Waals surface area contributed by atoms with Crippen molar-refractivity contribution in [2.75, 3.05) is 59.9 Å². The molecule has 1 heterocycles. The average Bonchev–Trinajstić information content (AvgIpc) is 3.44. The molecule has 1 aliphatic heterocycles. The molecule has 1 aliphatic carbocycles. The molecule has 3 rings (SSSR count). The highest BCUT2D eigenvalue weighted by atomic mass is 79.9. The van der Waals surface area contributed by atoms with Crippen molar-refractivity contribution in [3.8, 4) is 0 Å². The van der Waals surface area contributed by atoms with Gasteiger partial charge in [-0.2, -0.15) is 0 Å². The number of hydrogen-bond donors (Lipinski definition) is 2. The molecule has 2 aliphatic rings. The van der Waals surface area contributed by atoms with Crippen LogP contribution in [0.5, 0.6) is 0 Å². The van der Waals surface area contributed by atoms with E-state index in [0.717, 1.165) is 36.6 Å². The molecule has 144 valence electrons. The van der Waals surface area contributed by atoms with E-state index >= 15 is 0 Å². The third-order valence-corrected chi connectivity index (χ3v) is 6.13. The lowest BCUT2D eigenvalue weighted by molar-refractivity contribution is 0.280. The summed E-state index contributed by atoms with van der Waals surface area (Å²) in [7, 11) is 4.07. The fourth-order valence-electron chi connectivity index (χ4n) is 3.67. The van der Waals surface area contributed by atoms with Gasteiger partial charge in [-0.3, -0.25) is 4.99 Å². The van der Waals surface area contributed by atoms with Crippen molar-refractivity contribution < 1.29 is 0 Å². The number of likely N-dealkylation sites (N-methyl/N-ethyl adjacent to an activating group) is 1. The summed E-state index contributed by atoms with van der Waals surface area (Å²) < 4.78 is 1.16.